The van der Waals surface area contributed by atoms with E-state index in [9.17, 15) is 18.5 Å². The maximum Gasteiger partial charge on any atom is 0.276 e. The van der Waals surface area contributed by atoms with Crippen molar-refractivity contribution < 1.29 is 13.3 Å². The number of aryl methyl sites for hydroxylation is 1. The molecule has 1 saturated heterocycles. The van der Waals surface area contributed by atoms with Crippen molar-refractivity contribution in [1.29, 1.82) is 0 Å². The zero-order valence-corrected chi connectivity index (χ0v) is 21.9. The van der Waals surface area contributed by atoms with E-state index in [0.29, 0.717) is 10.7 Å². The van der Waals surface area contributed by atoms with Gasteiger partial charge >= 0.3 is 0 Å². The lowest BCUT2D eigenvalue weighted by Crippen LogP contribution is -2.31. The van der Waals surface area contributed by atoms with Crippen LogP contribution < -0.4 is 4.83 Å². The van der Waals surface area contributed by atoms with Gasteiger partial charge in [-0.25, -0.2) is 0 Å². The molecule has 188 valence electrons. The molecule has 1 unspecified atom stereocenters. The Kier molecular flexibility index (Phi) is 6.92. The van der Waals surface area contributed by atoms with Gasteiger partial charge in [0.2, 0.25) is 0 Å². The summed E-state index contributed by atoms with van der Waals surface area (Å²) in [5, 5.41) is 16.1. The second-order valence-electron chi connectivity index (χ2n) is 9.73. The van der Waals surface area contributed by atoms with Crippen molar-refractivity contribution in [3.63, 3.8) is 0 Å². The highest BCUT2D eigenvalue weighted by Gasteiger charge is 2.56. The Hall–Kier alpha value is -3.27. The average molecular weight is 527 g/mol. The second-order valence-corrected chi connectivity index (χ2v) is 11.8. The van der Waals surface area contributed by atoms with Crippen molar-refractivity contribution in [3.8, 4) is 0 Å². The van der Waals surface area contributed by atoms with Crippen LogP contribution in [0.1, 0.15) is 43.5 Å². The lowest BCUT2D eigenvalue weighted by atomic mass is 10.0. The van der Waals surface area contributed by atoms with Gasteiger partial charge < -0.3 is 0 Å². The van der Waals surface area contributed by atoms with E-state index >= 15 is 0 Å². The molecule has 1 N–H and O–H groups in total. The lowest BCUT2D eigenvalue weighted by Gasteiger charge is -2.22. The van der Waals surface area contributed by atoms with Crippen molar-refractivity contribution >= 4 is 33.0 Å². The zero-order valence-electron chi connectivity index (χ0n) is 20.3. The Balaban J connectivity index is 1.75. The molecule has 4 rings (SSSR count). The first kappa shape index (κ1) is 25.8. The largest absolute Gasteiger partial charge is 0.279 e. The minimum absolute atomic E-state index is 0.00992. The predicted octanol–water partition coefficient (Wildman–Crippen LogP) is 5.46. The predicted molar refractivity (Wildman–Crippen MR) is 141 cm³/mol. The number of hydrogen-bond donors (Lipinski definition) is 1. The highest BCUT2D eigenvalue weighted by Crippen LogP contribution is 2.50. The third-order valence-corrected chi connectivity index (χ3v) is 7.54. The lowest BCUT2D eigenvalue weighted by molar-refractivity contribution is -0.384. The van der Waals surface area contributed by atoms with Gasteiger partial charge in [-0.05, 0) is 63.1 Å². The van der Waals surface area contributed by atoms with Crippen LogP contribution in [-0.4, -0.2) is 35.5 Å². The maximum absolute atomic E-state index is 13.0. The molecule has 0 spiro atoms. The van der Waals surface area contributed by atoms with Crippen LogP contribution in [0.5, 0.6) is 0 Å². The Morgan fingerprint density at radius 3 is 2.11 bits per heavy atom. The van der Waals surface area contributed by atoms with Crippen LogP contribution in [0.25, 0.3) is 0 Å². The van der Waals surface area contributed by atoms with E-state index in [-0.39, 0.29) is 28.2 Å². The molecule has 0 saturated carbocycles. The van der Waals surface area contributed by atoms with Gasteiger partial charge in [-0.15, -0.1) is 0 Å². The summed E-state index contributed by atoms with van der Waals surface area (Å²) in [5.74, 6) is 0. The van der Waals surface area contributed by atoms with E-state index in [1.165, 1.54) is 24.3 Å². The number of hydrogen-bond acceptors (Lipinski definition) is 6. The van der Waals surface area contributed by atoms with Crippen molar-refractivity contribution in [2.75, 3.05) is 0 Å². The van der Waals surface area contributed by atoms with Crippen molar-refractivity contribution in [2.45, 2.75) is 50.2 Å². The van der Waals surface area contributed by atoms with E-state index in [4.69, 9.17) is 11.6 Å². The number of halogens is 1. The fraction of sp³-hybridized carbons (Fsp3) is 0.269. The normalized spacial score (nSPS) is 20.1. The summed E-state index contributed by atoms with van der Waals surface area (Å²) in [5.41, 5.74) is 2.79. The van der Waals surface area contributed by atoms with Crippen molar-refractivity contribution in [1.82, 2.24) is 9.73 Å². The summed E-state index contributed by atoms with van der Waals surface area (Å²) in [6, 6.07) is 19.6. The molecule has 0 aliphatic carbocycles. The summed E-state index contributed by atoms with van der Waals surface area (Å²) >= 11 is 6.10. The monoisotopic (exact) mass is 526 g/mol. The molecular formula is C26H27ClN4O4S. The highest BCUT2D eigenvalue weighted by atomic mass is 35.5. The first-order valence-electron chi connectivity index (χ1n) is 11.3. The number of nitrogens with zero attached hydrogens (tertiary/aromatic N) is 3. The van der Waals surface area contributed by atoms with Gasteiger partial charge in [0.05, 0.1) is 27.6 Å². The Morgan fingerprint density at radius 1 is 1.00 bits per heavy atom. The molecule has 1 aliphatic rings. The van der Waals surface area contributed by atoms with Gasteiger partial charge in [0.25, 0.3) is 15.7 Å². The van der Waals surface area contributed by atoms with E-state index in [2.05, 4.69) is 35.6 Å². The molecule has 8 nitrogen and oxygen atoms in total. The molecular weight excluding hydrogens is 500 g/mol. The molecule has 1 fully saturated rings. The number of non-ortho nitro benzene ring substituents is 1. The first-order chi connectivity index (χ1) is 16.9. The maximum atomic E-state index is 13.0. The van der Waals surface area contributed by atoms with Crippen LogP contribution in [-0.2, 0) is 10.0 Å². The van der Waals surface area contributed by atoms with Crippen LogP contribution >= 0.6 is 11.6 Å². The molecule has 1 aliphatic heterocycles. The molecule has 10 heteroatoms. The fourth-order valence-corrected chi connectivity index (χ4v) is 5.23. The van der Waals surface area contributed by atoms with Gasteiger partial charge in [-0.1, -0.05) is 53.6 Å². The third kappa shape index (κ3) is 5.43. The Labute approximate surface area is 215 Å². The summed E-state index contributed by atoms with van der Waals surface area (Å²) < 4.78 is 26.0. The standard InChI is InChI=1S/C26H27ClN4O4S/c1-17-5-15-22(16-6-17)36(34,35)29-28-23(18-7-11-20(27)12-8-18)25-24(30(25)26(2,3)4)19-9-13-21(14-10-19)31(32)33/h5-16,24-25,29H,1-4H3/b28-23-/t24-,25+,30?/m0/s1. The molecule has 0 amide bonds. The van der Waals surface area contributed by atoms with Crippen LogP contribution in [0.2, 0.25) is 5.02 Å². The molecule has 0 bridgehead atoms. The number of sulfonamides is 1. The number of benzene rings is 3. The molecule has 3 aromatic carbocycles. The average Bonchev–Trinajstić information content (AvgIpc) is 3.57. The van der Waals surface area contributed by atoms with Crippen molar-refractivity contribution in [3.05, 3.63) is 105 Å². The van der Waals surface area contributed by atoms with E-state index in [1.807, 2.05) is 6.92 Å². The molecule has 36 heavy (non-hydrogen) atoms. The highest BCUT2D eigenvalue weighted by molar-refractivity contribution is 7.89. The molecule has 3 atom stereocenters. The summed E-state index contributed by atoms with van der Waals surface area (Å²) in [4.78, 5) is 15.4. The van der Waals surface area contributed by atoms with E-state index < -0.39 is 14.9 Å². The van der Waals surface area contributed by atoms with Gasteiger partial charge in [-0.2, -0.15) is 18.4 Å². The Morgan fingerprint density at radius 2 is 1.58 bits per heavy atom. The number of nitrogens with one attached hydrogen (secondary N) is 1. The second kappa shape index (κ2) is 9.65. The fourth-order valence-electron chi connectivity index (χ4n) is 4.28. The van der Waals surface area contributed by atoms with Crippen LogP contribution in [0.3, 0.4) is 0 Å². The van der Waals surface area contributed by atoms with Crippen LogP contribution in [0.15, 0.2) is 82.8 Å². The van der Waals surface area contributed by atoms with Crippen molar-refractivity contribution in [2.24, 2.45) is 5.10 Å². The molecule has 0 radical (unpaired) electrons. The number of rotatable bonds is 7. The first-order valence-corrected chi connectivity index (χ1v) is 13.2. The van der Waals surface area contributed by atoms with E-state index in [1.54, 1.807) is 48.5 Å². The van der Waals surface area contributed by atoms with Gasteiger partial charge in [0.1, 0.15) is 0 Å². The summed E-state index contributed by atoms with van der Waals surface area (Å²) in [6.45, 7) is 8.05. The minimum Gasteiger partial charge on any atom is -0.279 e. The smallest absolute Gasteiger partial charge is 0.276 e. The van der Waals surface area contributed by atoms with Crippen LogP contribution in [0, 0.1) is 17.0 Å². The zero-order chi connectivity index (χ0) is 26.3. The Bertz CT molecular complexity index is 1400. The molecule has 3 aromatic rings. The van der Waals surface area contributed by atoms with E-state index in [0.717, 1.165) is 16.7 Å². The SMILES string of the molecule is Cc1ccc(S(=O)(=O)N/N=C(/c2ccc(Cl)cc2)[C@@H]2[C@H](c3ccc([N+](=O)[O-])cc3)N2C(C)(C)C)cc1. The third-order valence-electron chi connectivity index (χ3n) is 6.07. The topological polar surface area (TPSA) is 105 Å². The quantitative estimate of drug-likeness (QED) is 0.190. The molecule has 0 aromatic heterocycles. The van der Waals surface area contributed by atoms with Gasteiger partial charge in [0.15, 0.2) is 0 Å². The van der Waals surface area contributed by atoms with Gasteiger partial charge in [0, 0.05) is 22.7 Å². The molecule has 1 heterocycles. The summed E-state index contributed by atoms with van der Waals surface area (Å²) in [7, 11) is -3.90. The van der Waals surface area contributed by atoms with Crippen LogP contribution in [0.4, 0.5) is 5.69 Å². The van der Waals surface area contributed by atoms with Gasteiger partial charge in [-0.3, -0.25) is 15.0 Å². The number of nitro groups is 1. The minimum atomic E-state index is -3.90. The number of hydrazone groups is 1. The summed E-state index contributed by atoms with van der Waals surface area (Å²) in [6.07, 6.45) is 0. The number of nitro benzene ring substituents is 1.